The first-order valence-corrected chi connectivity index (χ1v) is 9.26. The third kappa shape index (κ3) is 6.65. The lowest BCUT2D eigenvalue weighted by Gasteiger charge is -2.35. The van der Waals surface area contributed by atoms with Gasteiger partial charge in [-0.15, -0.1) is 0 Å². The zero-order valence-corrected chi connectivity index (χ0v) is 14.8. The smallest absolute Gasteiger partial charge is 0.234 e. The Morgan fingerprint density at radius 1 is 1.16 bits per heavy atom. The number of β-amino-alcohol motifs (C(OH)–C–C–N with tert-alkyl or cyclic N) is 1. The minimum atomic E-state index is -0.506. The molecule has 0 radical (unpaired) electrons. The summed E-state index contributed by atoms with van der Waals surface area (Å²) in [5, 5.41) is 13.2. The second-order valence-electron chi connectivity index (χ2n) is 7.10. The van der Waals surface area contributed by atoms with Gasteiger partial charge in [0.1, 0.15) is 18.5 Å². The molecule has 1 saturated heterocycles. The topological polar surface area (TPSA) is 65.0 Å². The number of hydrogen-bond acceptors (Lipinski definition) is 5. The lowest BCUT2D eigenvalue weighted by Crippen LogP contribution is -2.51. The number of carbonyl (C=O) groups is 1. The van der Waals surface area contributed by atoms with Crippen LogP contribution in [0, 0.1) is 5.92 Å². The van der Waals surface area contributed by atoms with Crippen molar-refractivity contribution in [1.29, 1.82) is 0 Å². The first-order valence-electron chi connectivity index (χ1n) is 9.26. The molecule has 6 nitrogen and oxygen atoms in total. The molecule has 0 bridgehead atoms. The quantitative estimate of drug-likeness (QED) is 0.684. The molecular formula is C19H29N3O3. The normalized spacial score (nSPS) is 20.2. The van der Waals surface area contributed by atoms with Crippen LogP contribution >= 0.6 is 0 Å². The van der Waals surface area contributed by atoms with E-state index in [0.717, 1.165) is 44.4 Å². The average molecular weight is 347 g/mol. The second kappa shape index (κ2) is 9.17. The van der Waals surface area contributed by atoms with E-state index >= 15 is 0 Å². The number of hydrogen-bond donors (Lipinski definition) is 2. The highest BCUT2D eigenvalue weighted by atomic mass is 16.5. The summed E-state index contributed by atoms with van der Waals surface area (Å²) in [4.78, 5) is 16.3. The molecule has 0 unspecified atom stereocenters. The molecule has 3 rings (SSSR count). The molecule has 6 heteroatoms. The van der Waals surface area contributed by atoms with Crippen molar-refractivity contribution in [3.63, 3.8) is 0 Å². The van der Waals surface area contributed by atoms with Crippen molar-refractivity contribution in [2.24, 2.45) is 5.92 Å². The maximum atomic E-state index is 11.9. The van der Waals surface area contributed by atoms with Crippen LogP contribution in [0.5, 0.6) is 5.75 Å². The van der Waals surface area contributed by atoms with Crippen molar-refractivity contribution in [1.82, 2.24) is 15.1 Å². The van der Waals surface area contributed by atoms with E-state index in [4.69, 9.17) is 4.74 Å². The number of nitrogens with one attached hydrogen (secondary N) is 1. The monoisotopic (exact) mass is 347 g/mol. The molecule has 25 heavy (non-hydrogen) atoms. The van der Waals surface area contributed by atoms with Gasteiger partial charge in [0, 0.05) is 39.3 Å². The minimum Gasteiger partial charge on any atom is -0.491 e. The van der Waals surface area contributed by atoms with Crippen LogP contribution in [0.3, 0.4) is 0 Å². The van der Waals surface area contributed by atoms with Gasteiger partial charge in [0.2, 0.25) is 5.91 Å². The highest BCUT2D eigenvalue weighted by Gasteiger charge is 2.23. The largest absolute Gasteiger partial charge is 0.491 e. The Labute approximate surface area is 149 Å². The lowest BCUT2D eigenvalue weighted by molar-refractivity contribution is -0.122. The first kappa shape index (κ1) is 18.2. The van der Waals surface area contributed by atoms with E-state index in [2.05, 4.69) is 15.1 Å². The number of nitrogens with zero attached hydrogens (tertiary/aromatic N) is 2. The van der Waals surface area contributed by atoms with Crippen LogP contribution in [0.4, 0.5) is 0 Å². The van der Waals surface area contributed by atoms with E-state index in [-0.39, 0.29) is 5.91 Å². The van der Waals surface area contributed by atoms with Crippen molar-refractivity contribution >= 4 is 5.91 Å². The number of amides is 1. The molecule has 1 amide bonds. The van der Waals surface area contributed by atoms with E-state index in [1.165, 1.54) is 12.8 Å². The third-order valence-electron chi connectivity index (χ3n) is 4.77. The summed E-state index contributed by atoms with van der Waals surface area (Å²) in [5.41, 5.74) is 0. The summed E-state index contributed by atoms with van der Waals surface area (Å²) < 4.78 is 5.59. The van der Waals surface area contributed by atoms with Crippen LogP contribution in [0.2, 0.25) is 0 Å². The number of benzene rings is 1. The summed E-state index contributed by atoms with van der Waals surface area (Å²) in [6.07, 6.45) is 2.01. The van der Waals surface area contributed by atoms with Crippen LogP contribution in [0.1, 0.15) is 12.8 Å². The standard InChI is InChI=1S/C19H29N3O3/c23-17(15-25-18-4-2-1-3-5-18)13-21-8-10-22(11-9-21)14-19(24)20-12-16-6-7-16/h1-5,16-17,23H,6-15H2,(H,20,24)/t17-/m0/s1. The number of ether oxygens (including phenoxy) is 1. The Morgan fingerprint density at radius 2 is 1.84 bits per heavy atom. The van der Waals surface area contributed by atoms with Crippen LogP contribution in [0.25, 0.3) is 0 Å². The maximum absolute atomic E-state index is 11.9. The van der Waals surface area contributed by atoms with Gasteiger partial charge in [-0.1, -0.05) is 18.2 Å². The zero-order valence-electron chi connectivity index (χ0n) is 14.8. The molecule has 1 aromatic rings. The molecule has 138 valence electrons. The number of para-hydroxylation sites is 1. The summed E-state index contributed by atoms with van der Waals surface area (Å²) in [6.45, 7) is 5.71. The van der Waals surface area contributed by atoms with E-state index in [1.807, 2.05) is 30.3 Å². The van der Waals surface area contributed by atoms with Crippen molar-refractivity contribution in [2.45, 2.75) is 18.9 Å². The fourth-order valence-electron chi connectivity index (χ4n) is 3.03. The predicted molar refractivity (Wildman–Crippen MR) is 96.6 cm³/mol. The zero-order chi connectivity index (χ0) is 17.5. The molecule has 2 fully saturated rings. The first-order chi connectivity index (χ1) is 12.2. The second-order valence-corrected chi connectivity index (χ2v) is 7.10. The van der Waals surface area contributed by atoms with Crippen LogP contribution < -0.4 is 10.1 Å². The Kier molecular flexibility index (Phi) is 6.67. The van der Waals surface area contributed by atoms with Gasteiger partial charge >= 0.3 is 0 Å². The van der Waals surface area contributed by atoms with Crippen molar-refractivity contribution < 1.29 is 14.6 Å². The predicted octanol–water partition coefficient (Wildman–Crippen LogP) is 0.570. The average Bonchev–Trinajstić information content (AvgIpc) is 3.45. The number of piperazine rings is 1. The fourth-order valence-corrected chi connectivity index (χ4v) is 3.03. The van der Waals surface area contributed by atoms with E-state index in [1.54, 1.807) is 0 Å². The van der Waals surface area contributed by atoms with Crippen molar-refractivity contribution in [2.75, 3.05) is 52.4 Å². The number of rotatable bonds is 9. The molecule has 1 aliphatic heterocycles. The molecule has 1 heterocycles. The SMILES string of the molecule is O=C(CN1CCN(C[C@H](O)COc2ccccc2)CC1)NCC1CC1. The van der Waals surface area contributed by atoms with E-state index < -0.39 is 6.10 Å². The number of carbonyl (C=O) groups excluding carboxylic acids is 1. The van der Waals surface area contributed by atoms with Gasteiger partial charge in [-0.3, -0.25) is 14.6 Å². The van der Waals surface area contributed by atoms with Crippen LogP contribution in [-0.2, 0) is 4.79 Å². The van der Waals surface area contributed by atoms with E-state index in [0.29, 0.717) is 19.7 Å². The number of aliphatic hydroxyl groups is 1. The minimum absolute atomic E-state index is 0.136. The molecule has 1 atom stereocenters. The highest BCUT2D eigenvalue weighted by molar-refractivity contribution is 5.78. The Morgan fingerprint density at radius 3 is 2.52 bits per heavy atom. The van der Waals surface area contributed by atoms with Crippen molar-refractivity contribution in [3.05, 3.63) is 30.3 Å². The summed E-state index contributed by atoms with van der Waals surface area (Å²) in [7, 11) is 0. The summed E-state index contributed by atoms with van der Waals surface area (Å²) in [5.74, 6) is 1.64. The Balaban J connectivity index is 1.28. The summed E-state index contributed by atoms with van der Waals surface area (Å²) in [6, 6.07) is 9.55. The third-order valence-corrected chi connectivity index (χ3v) is 4.77. The van der Waals surface area contributed by atoms with Crippen molar-refractivity contribution in [3.8, 4) is 5.75 Å². The van der Waals surface area contributed by atoms with Gasteiger partial charge in [0.25, 0.3) is 0 Å². The molecule has 2 aliphatic rings. The van der Waals surface area contributed by atoms with Crippen LogP contribution in [0.15, 0.2) is 30.3 Å². The van der Waals surface area contributed by atoms with Gasteiger partial charge in [-0.25, -0.2) is 0 Å². The van der Waals surface area contributed by atoms with E-state index in [9.17, 15) is 9.90 Å². The Hall–Kier alpha value is -1.63. The number of aliphatic hydroxyl groups excluding tert-OH is 1. The molecule has 0 spiro atoms. The fraction of sp³-hybridized carbons (Fsp3) is 0.632. The molecule has 0 aromatic heterocycles. The maximum Gasteiger partial charge on any atom is 0.234 e. The van der Waals surface area contributed by atoms with Crippen LogP contribution in [-0.4, -0.2) is 79.3 Å². The lowest BCUT2D eigenvalue weighted by atomic mass is 10.2. The van der Waals surface area contributed by atoms with Gasteiger partial charge in [0.15, 0.2) is 0 Å². The van der Waals surface area contributed by atoms with Gasteiger partial charge < -0.3 is 15.2 Å². The van der Waals surface area contributed by atoms with Gasteiger partial charge in [-0.2, -0.15) is 0 Å². The molecule has 1 aliphatic carbocycles. The molecule has 1 saturated carbocycles. The highest BCUT2D eigenvalue weighted by Crippen LogP contribution is 2.27. The van der Waals surface area contributed by atoms with Gasteiger partial charge in [0.05, 0.1) is 6.54 Å². The molecule has 2 N–H and O–H groups in total. The van der Waals surface area contributed by atoms with Gasteiger partial charge in [-0.05, 0) is 30.9 Å². The molecular weight excluding hydrogens is 318 g/mol. The Bertz CT molecular complexity index is 528. The summed E-state index contributed by atoms with van der Waals surface area (Å²) >= 11 is 0. The molecule has 1 aromatic carbocycles.